The van der Waals surface area contributed by atoms with Crippen molar-refractivity contribution in [3.63, 3.8) is 0 Å². The van der Waals surface area contributed by atoms with Gasteiger partial charge in [0.05, 0.1) is 53.4 Å². The van der Waals surface area contributed by atoms with E-state index in [4.69, 9.17) is 54.3 Å². The second-order valence-electron chi connectivity index (χ2n) is 25.5. The molecule has 11 aromatic heterocycles. The van der Waals surface area contributed by atoms with E-state index in [-0.39, 0.29) is 124 Å². The molecule has 1 saturated heterocycles. The number of aromatic nitrogens is 17. The zero-order valence-corrected chi connectivity index (χ0v) is 70.2. The minimum absolute atomic E-state index is 0. The Morgan fingerprint density at radius 2 is 0.754 bits per heavy atom. The summed E-state index contributed by atoms with van der Waals surface area (Å²) >= 11 is 21.1. The molecule has 0 spiro atoms. The molecule has 1 aliphatic heterocycles. The van der Waals surface area contributed by atoms with Crippen molar-refractivity contribution < 1.29 is 193 Å². The Morgan fingerprint density at radius 3 is 1.07 bits per heavy atom. The molecule has 0 aromatic carbocycles. The van der Waals surface area contributed by atoms with Crippen LogP contribution >= 0.6 is 66.7 Å². The third-order valence-corrected chi connectivity index (χ3v) is 16.2. The summed E-state index contributed by atoms with van der Waals surface area (Å²) in [4.78, 5) is 28.4. The molecule has 12 heterocycles. The van der Waals surface area contributed by atoms with Crippen LogP contribution in [-0.2, 0) is 30.9 Å². The zero-order chi connectivity index (χ0) is 92.8. The van der Waals surface area contributed by atoms with Crippen molar-refractivity contribution in [1.29, 1.82) is 0 Å². The first kappa shape index (κ1) is 119. The number of rotatable bonds is 16. The maximum atomic E-state index is 14.3. The third kappa shape index (κ3) is 38.2. The first-order chi connectivity index (χ1) is 57.1. The maximum Gasteiger partial charge on any atom is 1.00 e. The SMILES string of the molecule is C.C.C.C.C.CC1(C)OB(c2cnc(OCC(F)(F)F)c(F)c2)OC1(C)C.FC(F)(Cl)c1nnc2cnc(Cl)cn12.Fc1cc(-c2cn3c(C(F)(F)Cl)nnc3cn2)cnc1OCC(F)(F)F.Fc1cc(-c2cn3c(C(F)(F)OC4CC4)nnc3cn2)cnc1OCC(F)(F)F.Fc1cc(Br)cnc1F.Fc1cc(Br)cnc1OCC(F)(F)F.OC1CC1.OCC(F)(F)F.[H-].[Na+]. The van der Waals surface area contributed by atoms with Crippen molar-refractivity contribution in [1.82, 2.24) is 83.7 Å². The Morgan fingerprint density at radius 1 is 0.438 bits per heavy atom. The number of halogens is 32. The van der Waals surface area contributed by atoms with Gasteiger partial charge in [0.25, 0.3) is 23.5 Å². The second kappa shape index (κ2) is 48.9. The van der Waals surface area contributed by atoms with Crippen LogP contribution in [0.4, 0.5) is 119 Å². The van der Waals surface area contributed by atoms with Gasteiger partial charge in [0.1, 0.15) is 11.8 Å². The molecular formula is C70H71BBr2Cl3F27N17NaO9. The van der Waals surface area contributed by atoms with Gasteiger partial charge in [-0.2, -0.15) is 96.6 Å². The number of hydrogen-bond acceptors (Lipinski definition) is 23. The van der Waals surface area contributed by atoms with E-state index in [0.29, 0.717) is 21.8 Å². The predicted octanol–water partition coefficient (Wildman–Crippen LogP) is 17.6. The number of aliphatic hydroxyl groups is 2. The Balaban J connectivity index is 0.00000154. The van der Waals surface area contributed by atoms with E-state index in [1.54, 1.807) is 0 Å². The van der Waals surface area contributed by atoms with Gasteiger partial charge in [-0.3, -0.25) is 23.2 Å². The Bertz CT molecular complexity index is 5410. The molecule has 718 valence electrons. The maximum absolute atomic E-state index is 14.3. The largest absolute Gasteiger partial charge is 1.00 e. The molecule has 130 heavy (non-hydrogen) atoms. The molecule has 2 N–H and O–H groups in total. The van der Waals surface area contributed by atoms with Gasteiger partial charge in [0, 0.05) is 75.1 Å². The van der Waals surface area contributed by atoms with Gasteiger partial charge in [-0.25, -0.2) is 51.9 Å². The predicted molar refractivity (Wildman–Crippen MR) is 414 cm³/mol. The van der Waals surface area contributed by atoms with E-state index in [0.717, 1.165) is 99.8 Å². The number of alkyl halides is 23. The average Bonchev–Trinajstić information content (AvgIpc) is 1.65. The normalized spacial score (nSPS) is 13.9. The van der Waals surface area contributed by atoms with E-state index in [2.05, 4.69) is 126 Å². The molecule has 0 radical (unpaired) electrons. The van der Waals surface area contributed by atoms with Gasteiger partial charge in [0.2, 0.25) is 23.4 Å². The van der Waals surface area contributed by atoms with Crippen LogP contribution in [0.15, 0.2) is 107 Å². The molecular weight excluding hydrogens is 2040 g/mol. The minimum Gasteiger partial charge on any atom is -1.00 e. The van der Waals surface area contributed by atoms with Crippen LogP contribution in [0.5, 0.6) is 23.5 Å². The van der Waals surface area contributed by atoms with Crippen molar-refractivity contribution in [3.8, 4) is 46.0 Å². The summed E-state index contributed by atoms with van der Waals surface area (Å²) in [5.41, 5.74) is -0.817. The third-order valence-electron chi connectivity index (χ3n) is 14.8. The number of fused-ring (bicyclic) bond motifs is 3. The first-order valence-electron chi connectivity index (χ1n) is 33.3. The summed E-state index contributed by atoms with van der Waals surface area (Å²) in [5.74, 6) is -11.7. The molecule has 60 heteroatoms. The molecule has 3 fully saturated rings. The van der Waals surface area contributed by atoms with E-state index < -0.39 is 181 Å². The molecule has 2 aliphatic carbocycles. The summed E-state index contributed by atoms with van der Waals surface area (Å²) in [6, 6.07) is 4.62. The molecule has 3 aliphatic rings. The average molecular weight is 2110 g/mol. The van der Waals surface area contributed by atoms with Crippen LogP contribution in [0.25, 0.3) is 39.5 Å². The van der Waals surface area contributed by atoms with Gasteiger partial charge in [-0.15, -0.1) is 30.6 Å². The van der Waals surface area contributed by atoms with Crippen molar-refractivity contribution in [2.24, 2.45) is 0 Å². The summed E-state index contributed by atoms with van der Waals surface area (Å²) in [5, 5.41) is 28.6. The fourth-order valence-corrected chi connectivity index (χ4v) is 9.30. The summed E-state index contributed by atoms with van der Waals surface area (Å²) in [6.07, 6.45) is -11.5. The fraction of sp³-hybridized carbons (Fsp3) is 0.429. The number of aliphatic hydroxyl groups excluding tert-OH is 2. The van der Waals surface area contributed by atoms with Gasteiger partial charge in [-0.1, -0.05) is 48.7 Å². The molecule has 0 amide bonds. The smallest absolute Gasteiger partial charge is 1.00 e. The standard InChI is InChI=1S/C16H11F6N5O2.C13H16BF4NO3.C13H6ClF6N5O.C7H4BrF4NO.C6H2Cl2F2N4.C5H2BrF2N.C3H6O.C2H3F3O.5CH4.Na.H/c17-10-3-8(4-24-13(10)28-7-15(18,19)20)11-6-27-12(5-23-11)25-26-14(27)16(21,22)29-9-1-2-9;1-11(2)12(3,4)22-14(21-11)8-5-9(15)10(19-6-8)20-7-13(16,17)18;14-13(19,20)11-24-23-9-3-21-8(4-25(9)11)6-1-7(15)10(22-2-6)26-5-12(16,17)18;8-4-1-5(9)6(13-2-4)14-3-7(10,11)12;7-3-2-14-4(1-11-3)12-13-5(14)6(8,9)10;6-3-1-4(7)5(8)9-2-3;4-3-1-2-3;3-2(4,5)1-6;;;;;;;/h3-6,9H,1-2,7H2;5-6H,7H2,1-4H3;1-4H,5H2;1-2H,3H2;1-2H;1-2H;3-4H,1-2H2;6H,1H2;5*1H4;;/q;;;;;;;;;;;;;+1;-1. The van der Waals surface area contributed by atoms with E-state index in [1.165, 1.54) is 24.8 Å². The van der Waals surface area contributed by atoms with Gasteiger partial charge >= 0.3 is 84.4 Å². The van der Waals surface area contributed by atoms with E-state index in [1.807, 2.05) is 27.7 Å². The number of pyridine rings is 5. The van der Waals surface area contributed by atoms with E-state index in [9.17, 15) is 119 Å². The van der Waals surface area contributed by atoms with Crippen molar-refractivity contribution in [3.05, 3.63) is 165 Å². The van der Waals surface area contributed by atoms with Crippen molar-refractivity contribution >= 4 is 96.2 Å². The van der Waals surface area contributed by atoms with Crippen LogP contribution in [0.3, 0.4) is 0 Å². The first-order valence-corrected chi connectivity index (χ1v) is 36.0. The van der Waals surface area contributed by atoms with Crippen LogP contribution in [0, 0.1) is 35.0 Å². The number of hydrogen-bond donors (Lipinski definition) is 2. The van der Waals surface area contributed by atoms with Crippen LogP contribution < -0.4 is 54.0 Å². The van der Waals surface area contributed by atoms with Crippen LogP contribution in [0.2, 0.25) is 5.15 Å². The summed E-state index contributed by atoms with van der Waals surface area (Å²) < 4.78 is 371. The number of nitrogens with zero attached hydrogens (tertiary/aromatic N) is 17. The second-order valence-corrected chi connectivity index (χ2v) is 28.7. The molecule has 0 atom stereocenters. The Labute approximate surface area is 773 Å². The van der Waals surface area contributed by atoms with Gasteiger partial charge < -0.3 is 44.6 Å². The van der Waals surface area contributed by atoms with Crippen molar-refractivity contribution in [2.75, 3.05) is 33.0 Å². The number of ether oxygens (including phenoxy) is 5. The Hall–Kier alpha value is -8.60. The molecule has 2 saturated carbocycles. The van der Waals surface area contributed by atoms with E-state index >= 15 is 0 Å². The topological polar surface area (TPSA) is 299 Å². The monoisotopic (exact) mass is 2100 g/mol. The minimum atomic E-state index is -4.66. The molecule has 14 rings (SSSR count). The molecule has 11 aromatic rings. The Kier molecular flexibility index (Phi) is 44.9. The molecule has 26 nitrogen and oxygen atoms in total. The summed E-state index contributed by atoms with van der Waals surface area (Å²) in [7, 11) is -0.844. The zero-order valence-electron chi connectivity index (χ0n) is 63.8. The fourth-order valence-electron chi connectivity index (χ4n) is 8.29. The quantitative estimate of drug-likeness (QED) is 0.0393. The summed E-state index contributed by atoms with van der Waals surface area (Å²) in [6.45, 7) is -0.987. The van der Waals surface area contributed by atoms with Crippen LogP contribution in [-0.4, -0.2) is 188 Å². The molecule has 0 unspecified atom stereocenters. The van der Waals surface area contributed by atoms with Crippen molar-refractivity contribution in [2.45, 2.75) is 162 Å². The van der Waals surface area contributed by atoms with Gasteiger partial charge in [0.15, 0.2) is 72.5 Å². The van der Waals surface area contributed by atoms with Crippen LogP contribution in [0.1, 0.15) is 109 Å². The van der Waals surface area contributed by atoms with Gasteiger partial charge in [-0.05, 0) is 139 Å². The molecule has 0 bridgehead atoms.